The summed E-state index contributed by atoms with van der Waals surface area (Å²) in [7, 11) is 1.39. The van der Waals surface area contributed by atoms with Gasteiger partial charge in [0.15, 0.2) is 11.0 Å². The zero-order valence-electron chi connectivity index (χ0n) is 13.4. The zero-order valence-corrected chi connectivity index (χ0v) is 14.2. The monoisotopic (exact) mass is 339 g/mol. The Morgan fingerprint density at radius 2 is 1.67 bits per heavy atom. The molecular weight excluding hydrogens is 322 g/mol. The van der Waals surface area contributed by atoms with Crippen molar-refractivity contribution in [1.29, 1.82) is 0 Å². The Kier molecular flexibility index (Phi) is 4.96. The van der Waals surface area contributed by atoms with E-state index in [2.05, 4.69) is 10.2 Å². The van der Waals surface area contributed by atoms with E-state index in [0.29, 0.717) is 5.16 Å². The lowest BCUT2D eigenvalue weighted by atomic mass is 10.2. The van der Waals surface area contributed by atoms with E-state index >= 15 is 0 Å². The fraction of sp³-hybridized carbons (Fsp3) is 0.167. The van der Waals surface area contributed by atoms with Gasteiger partial charge in [-0.1, -0.05) is 60.3 Å². The molecule has 0 saturated carbocycles. The molecule has 0 saturated heterocycles. The van der Waals surface area contributed by atoms with Crippen molar-refractivity contribution in [2.75, 3.05) is 7.11 Å². The van der Waals surface area contributed by atoms with Crippen LogP contribution < -0.4 is 0 Å². The van der Waals surface area contributed by atoms with Gasteiger partial charge in [0.2, 0.25) is 0 Å². The van der Waals surface area contributed by atoms with Crippen LogP contribution in [-0.4, -0.2) is 33.1 Å². The summed E-state index contributed by atoms with van der Waals surface area (Å²) >= 11 is 1.33. The molecule has 122 valence electrons. The van der Waals surface area contributed by atoms with E-state index in [1.165, 1.54) is 18.9 Å². The van der Waals surface area contributed by atoms with Crippen LogP contribution >= 0.6 is 11.8 Å². The van der Waals surface area contributed by atoms with Gasteiger partial charge in [-0.2, -0.15) is 0 Å². The van der Waals surface area contributed by atoms with Crippen LogP contribution in [0.25, 0.3) is 17.1 Å². The van der Waals surface area contributed by atoms with Crippen LogP contribution in [0.2, 0.25) is 0 Å². The van der Waals surface area contributed by atoms with Crippen molar-refractivity contribution in [2.24, 2.45) is 0 Å². The maximum Gasteiger partial charge on any atom is 0.318 e. The van der Waals surface area contributed by atoms with E-state index in [1.807, 2.05) is 65.2 Å². The first-order valence-corrected chi connectivity index (χ1v) is 8.39. The predicted molar refractivity (Wildman–Crippen MR) is 94.1 cm³/mol. The van der Waals surface area contributed by atoms with E-state index in [4.69, 9.17) is 4.74 Å². The number of carbonyl (C=O) groups excluding carboxylic acids is 1. The van der Waals surface area contributed by atoms with E-state index in [0.717, 1.165) is 17.1 Å². The zero-order chi connectivity index (χ0) is 16.9. The summed E-state index contributed by atoms with van der Waals surface area (Å²) in [5.74, 6) is 0.449. The predicted octanol–water partition coefficient (Wildman–Crippen LogP) is 3.59. The molecule has 0 aliphatic rings. The Morgan fingerprint density at radius 1 is 1.04 bits per heavy atom. The number of esters is 1. The van der Waals surface area contributed by atoms with Crippen molar-refractivity contribution in [3.05, 3.63) is 60.7 Å². The van der Waals surface area contributed by atoms with Gasteiger partial charge in [-0.05, 0) is 19.1 Å². The maximum absolute atomic E-state index is 11.7. The Bertz CT molecular complexity index is 819. The Hall–Kier alpha value is -2.60. The molecule has 5 nitrogen and oxygen atoms in total. The van der Waals surface area contributed by atoms with Gasteiger partial charge in [0.25, 0.3) is 0 Å². The normalized spacial score (nSPS) is 11.9. The molecule has 1 aromatic heterocycles. The van der Waals surface area contributed by atoms with Gasteiger partial charge < -0.3 is 4.74 Å². The van der Waals surface area contributed by atoms with Gasteiger partial charge in [0, 0.05) is 11.3 Å². The molecule has 1 heterocycles. The standard InChI is InChI=1S/C18H17N3O2S/c1-13(17(22)23-2)24-18-20-19-16(14-9-5-3-6-10-14)21(18)15-11-7-4-8-12-15/h3-13H,1-2H3/t13-/m1/s1. The first-order chi connectivity index (χ1) is 11.7. The maximum atomic E-state index is 11.7. The number of hydrogen-bond acceptors (Lipinski definition) is 5. The topological polar surface area (TPSA) is 57.0 Å². The van der Waals surface area contributed by atoms with E-state index in [-0.39, 0.29) is 11.2 Å². The Labute approximate surface area is 144 Å². The highest BCUT2D eigenvalue weighted by Crippen LogP contribution is 2.30. The number of benzene rings is 2. The molecule has 0 aliphatic carbocycles. The lowest BCUT2D eigenvalue weighted by molar-refractivity contribution is -0.139. The summed E-state index contributed by atoms with van der Waals surface area (Å²) in [6.45, 7) is 1.79. The van der Waals surface area contributed by atoms with Gasteiger partial charge >= 0.3 is 5.97 Å². The average Bonchev–Trinajstić information content (AvgIpc) is 3.06. The van der Waals surface area contributed by atoms with Gasteiger partial charge in [-0.3, -0.25) is 9.36 Å². The first-order valence-electron chi connectivity index (χ1n) is 7.51. The summed E-state index contributed by atoms with van der Waals surface area (Å²) in [6, 6.07) is 19.7. The molecule has 0 amide bonds. The van der Waals surface area contributed by atoms with Crippen LogP contribution in [0.15, 0.2) is 65.8 Å². The van der Waals surface area contributed by atoms with Crippen LogP contribution in [0.4, 0.5) is 0 Å². The van der Waals surface area contributed by atoms with Crippen molar-refractivity contribution in [1.82, 2.24) is 14.8 Å². The highest BCUT2D eigenvalue weighted by atomic mass is 32.2. The number of thioether (sulfide) groups is 1. The van der Waals surface area contributed by atoms with Crippen LogP contribution in [0.3, 0.4) is 0 Å². The molecule has 1 atom stereocenters. The summed E-state index contributed by atoms with van der Waals surface area (Å²) in [6.07, 6.45) is 0. The van der Waals surface area contributed by atoms with Gasteiger partial charge in [-0.25, -0.2) is 0 Å². The highest BCUT2D eigenvalue weighted by Gasteiger charge is 2.21. The average molecular weight is 339 g/mol. The number of ether oxygens (including phenoxy) is 1. The van der Waals surface area contributed by atoms with Crippen LogP contribution in [0.1, 0.15) is 6.92 Å². The smallest absolute Gasteiger partial charge is 0.318 e. The van der Waals surface area contributed by atoms with E-state index in [9.17, 15) is 4.79 Å². The fourth-order valence-corrected chi connectivity index (χ4v) is 3.20. The molecule has 0 radical (unpaired) electrons. The first kappa shape index (κ1) is 16.3. The van der Waals surface area contributed by atoms with Crippen LogP contribution in [0.5, 0.6) is 0 Å². The molecule has 0 aliphatic heterocycles. The van der Waals surface area contributed by atoms with Crippen molar-refractivity contribution >= 4 is 17.7 Å². The molecule has 0 bridgehead atoms. The molecule has 2 aromatic carbocycles. The number of carbonyl (C=O) groups is 1. The molecule has 3 aromatic rings. The summed E-state index contributed by atoms with van der Waals surface area (Å²) in [4.78, 5) is 11.7. The third-order valence-electron chi connectivity index (χ3n) is 3.50. The molecule has 0 spiro atoms. The third-order valence-corrected chi connectivity index (χ3v) is 4.52. The fourth-order valence-electron chi connectivity index (χ4n) is 2.30. The van der Waals surface area contributed by atoms with Crippen LogP contribution in [-0.2, 0) is 9.53 Å². The molecule has 6 heteroatoms. The van der Waals surface area contributed by atoms with Gasteiger partial charge in [0.1, 0.15) is 5.25 Å². The number of para-hydroxylation sites is 1. The van der Waals surface area contributed by atoms with E-state index < -0.39 is 0 Å². The summed E-state index contributed by atoms with van der Waals surface area (Å²) in [5, 5.41) is 8.92. The number of aromatic nitrogens is 3. The van der Waals surface area contributed by atoms with E-state index in [1.54, 1.807) is 6.92 Å². The quantitative estimate of drug-likeness (QED) is 0.525. The van der Waals surface area contributed by atoms with Crippen LogP contribution in [0, 0.1) is 0 Å². The summed E-state index contributed by atoms with van der Waals surface area (Å²) < 4.78 is 6.76. The lowest BCUT2D eigenvalue weighted by Gasteiger charge is -2.12. The van der Waals surface area contributed by atoms with Gasteiger partial charge in [-0.15, -0.1) is 10.2 Å². The third kappa shape index (κ3) is 3.33. The number of rotatable bonds is 5. The second-order valence-electron chi connectivity index (χ2n) is 5.13. The highest BCUT2D eigenvalue weighted by molar-refractivity contribution is 8.00. The summed E-state index contributed by atoms with van der Waals surface area (Å²) in [5.41, 5.74) is 1.91. The Morgan fingerprint density at radius 3 is 2.29 bits per heavy atom. The molecule has 0 unspecified atom stereocenters. The van der Waals surface area contributed by atoms with Crippen molar-refractivity contribution in [2.45, 2.75) is 17.3 Å². The Balaban J connectivity index is 2.07. The molecule has 0 N–H and O–H groups in total. The number of nitrogens with zero attached hydrogens (tertiary/aromatic N) is 3. The SMILES string of the molecule is COC(=O)[C@@H](C)Sc1nnc(-c2ccccc2)n1-c1ccccc1. The molecule has 3 rings (SSSR count). The molecule has 0 fully saturated rings. The molecule has 24 heavy (non-hydrogen) atoms. The molecular formula is C18H17N3O2S. The lowest BCUT2D eigenvalue weighted by Crippen LogP contribution is -2.15. The van der Waals surface area contributed by atoms with Crippen molar-refractivity contribution in [3.63, 3.8) is 0 Å². The minimum absolute atomic E-state index is 0.288. The van der Waals surface area contributed by atoms with Crippen molar-refractivity contribution < 1.29 is 9.53 Å². The van der Waals surface area contributed by atoms with Gasteiger partial charge in [0.05, 0.1) is 7.11 Å². The number of methoxy groups -OCH3 is 1. The second-order valence-corrected chi connectivity index (χ2v) is 6.43. The minimum Gasteiger partial charge on any atom is -0.468 e. The largest absolute Gasteiger partial charge is 0.468 e. The number of hydrogen-bond donors (Lipinski definition) is 0. The second kappa shape index (κ2) is 7.31. The minimum atomic E-state index is -0.370. The van der Waals surface area contributed by atoms with Crippen molar-refractivity contribution in [3.8, 4) is 17.1 Å².